The Kier molecular flexibility index (Phi) is 13.5. The lowest BCUT2D eigenvalue weighted by atomic mass is 10.4. The molecule has 0 aliphatic carbocycles. The Morgan fingerprint density at radius 3 is 1.38 bits per heavy atom. The number of aliphatic hydroxyl groups is 3. The molecule has 0 bridgehead atoms. The minimum Gasteiger partial charge on any atom is -0.394 e. The van der Waals surface area contributed by atoms with E-state index in [0.29, 0.717) is 0 Å². The van der Waals surface area contributed by atoms with Gasteiger partial charge in [0.2, 0.25) is 0 Å². The number of rotatable bonds is 2. The number of hydrogen-bond acceptors (Lipinski definition) is 3. The fraction of sp³-hybridized carbons (Fsp3) is 1.00. The molecule has 0 aromatic rings. The van der Waals surface area contributed by atoms with E-state index in [4.69, 9.17) is 15.3 Å². The van der Waals surface area contributed by atoms with Crippen LogP contribution in [0.15, 0.2) is 0 Å². The molecule has 0 atom stereocenters. The Balaban J connectivity index is 0. The molecule has 0 rings (SSSR count). The highest BCUT2D eigenvalue weighted by Gasteiger charge is 1.93. The van der Waals surface area contributed by atoms with Crippen molar-refractivity contribution in [2.24, 2.45) is 0 Å². The summed E-state index contributed by atoms with van der Waals surface area (Å²) in [4.78, 5) is 0. The van der Waals surface area contributed by atoms with E-state index in [9.17, 15) is 0 Å². The lowest BCUT2D eigenvalue weighted by Gasteiger charge is -1.96. The van der Waals surface area contributed by atoms with Crippen LogP contribution >= 0.6 is 0 Å². The first-order chi connectivity index (χ1) is 3.81. The van der Waals surface area contributed by atoms with Crippen LogP contribution in [-0.2, 0) is 0 Å². The van der Waals surface area contributed by atoms with Gasteiger partial charge in [0.1, 0.15) is 6.10 Å². The van der Waals surface area contributed by atoms with Gasteiger partial charge in [-0.15, -0.1) is 0 Å². The molecule has 0 aliphatic heterocycles. The summed E-state index contributed by atoms with van der Waals surface area (Å²) in [6.07, 6.45) is -0.954. The van der Waals surface area contributed by atoms with Crippen LogP contribution < -0.4 is 0 Å². The summed E-state index contributed by atoms with van der Waals surface area (Å²) < 4.78 is 0. The first-order valence-corrected chi connectivity index (χ1v) is 2.71. The third kappa shape index (κ3) is 9.30. The van der Waals surface area contributed by atoms with Crippen LogP contribution in [0.25, 0.3) is 0 Å². The van der Waals surface area contributed by atoms with Gasteiger partial charge in [-0.05, 0) is 0 Å². The van der Waals surface area contributed by atoms with Gasteiger partial charge in [-0.25, -0.2) is 0 Å². The lowest BCUT2D eigenvalue weighted by Crippen LogP contribution is -2.15. The van der Waals surface area contributed by atoms with E-state index >= 15 is 0 Å². The molecule has 8 heavy (non-hydrogen) atoms. The molecule has 0 aliphatic rings. The second kappa shape index (κ2) is 9.99. The predicted molar refractivity (Wildman–Crippen MR) is 31.5 cm³/mol. The van der Waals surface area contributed by atoms with Crippen molar-refractivity contribution in [3.8, 4) is 0 Å². The number of aliphatic hydroxyl groups excluding tert-OH is 3. The third-order valence-electron chi connectivity index (χ3n) is 0.421. The maximum Gasteiger partial charge on any atom is 0.100 e. The van der Waals surface area contributed by atoms with Crippen molar-refractivity contribution in [1.29, 1.82) is 0 Å². The van der Waals surface area contributed by atoms with E-state index in [2.05, 4.69) is 0 Å². The van der Waals surface area contributed by atoms with Gasteiger partial charge >= 0.3 is 0 Å². The van der Waals surface area contributed by atoms with Crippen LogP contribution in [0.2, 0.25) is 0 Å². The van der Waals surface area contributed by atoms with Gasteiger partial charge in [0.05, 0.1) is 13.2 Å². The monoisotopic (exact) mass is 122 g/mol. The Bertz CT molecular complexity index is 26.9. The van der Waals surface area contributed by atoms with Crippen LogP contribution in [0.1, 0.15) is 13.8 Å². The quantitative estimate of drug-likeness (QED) is 0.456. The molecule has 0 saturated carbocycles. The van der Waals surface area contributed by atoms with Crippen molar-refractivity contribution in [2.45, 2.75) is 20.0 Å². The predicted octanol–water partition coefficient (Wildman–Crippen LogP) is -0.642. The molecule has 52 valence electrons. The van der Waals surface area contributed by atoms with Gasteiger partial charge in [-0.2, -0.15) is 0 Å². The highest BCUT2D eigenvalue weighted by Crippen LogP contribution is 1.71. The summed E-state index contributed by atoms with van der Waals surface area (Å²) in [6.45, 7) is 3.27. The van der Waals surface area contributed by atoms with Crippen molar-refractivity contribution in [2.75, 3.05) is 13.2 Å². The Hall–Kier alpha value is -0.120. The summed E-state index contributed by atoms with van der Waals surface area (Å²) in [7, 11) is 0. The highest BCUT2D eigenvalue weighted by atomic mass is 16.3. The lowest BCUT2D eigenvalue weighted by molar-refractivity contribution is 0.0450. The van der Waals surface area contributed by atoms with Crippen molar-refractivity contribution in [3.05, 3.63) is 0 Å². The molecule has 0 saturated heterocycles. The molecule has 0 radical (unpaired) electrons. The summed E-state index contributed by atoms with van der Waals surface area (Å²) in [5, 5.41) is 24.0. The molecule has 0 heterocycles. The van der Waals surface area contributed by atoms with Crippen molar-refractivity contribution >= 4 is 0 Å². The summed E-state index contributed by atoms with van der Waals surface area (Å²) in [5.74, 6) is 0. The zero-order valence-electron chi connectivity index (χ0n) is 5.33. The molecule has 3 heteroatoms. The number of hydrogen-bond donors (Lipinski definition) is 3. The summed E-state index contributed by atoms with van der Waals surface area (Å²) >= 11 is 0. The Morgan fingerprint density at radius 1 is 1.12 bits per heavy atom. The average molecular weight is 122 g/mol. The fourth-order valence-electron chi connectivity index (χ4n) is 0.0577. The van der Waals surface area contributed by atoms with Crippen molar-refractivity contribution < 1.29 is 15.3 Å². The van der Waals surface area contributed by atoms with E-state index in [1.54, 1.807) is 0 Å². The van der Waals surface area contributed by atoms with Gasteiger partial charge in [-0.1, -0.05) is 13.8 Å². The van der Waals surface area contributed by atoms with E-state index < -0.39 is 6.10 Å². The molecule has 3 N–H and O–H groups in total. The van der Waals surface area contributed by atoms with E-state index in [0.717, 1.165) is 0 Å². The molecule has 0 amide bonds. The largest absolute Gasteiger partial charge is 0.394 e. The zero-order valence-corrected chi connectivity index (χ0v) is 5.33. The van der Waals surface area contributed by atoms with Gasteiger partial charge in [0, 0.05) is 0 Å². The maximum atomic E-state index is 8.17. The minimum atomic E-state index is -0.954. The SMILES string of the molecule is CC.OCC(O)CO. The van der Waals surface area contributed by atoms with Crippen molar-refractivity contribution in [3.63, 3.8) is 0 Å². The molecule has 0 unspecified atom stereocenters. The second-order valence-corrected chi connectivity index (χ2v) is 1.02. The van der Waals surface area contributed by atoms with Gasteiger partial charge in [0.15, 0.2) is 0 Å². The fourth-order valence-corrected chi connectivity index (χ4v) is 0.0577. The average Bonchev–Trinajstić information content (AvgIpc) is 1.91. The van der Waals surface area contributed by atoms with Gasteiger partial charge in [0.25, 0.3) is 0 Å². The van der Waals surface area contributed by atoms with Crippen molar-refractivity contribution in [1.82, 2.24) is 0 Å². The highest BCUT2D eigenvalue weighted by molar-refractivity contribution is 4.43. The molecule has 3 nitrogen and oxygen atoms in total. The Labute approximate surface area is 49.6 Å². The van der Waals surface area contributed by atoms with E-state index in [1.807, 2.05) is 13.8 Å². The third-order valence-corrected chi connectivity index (χ3v) is 0.421. The van der Waals surface area contributed by atoms with Crippen LogP contribution in [0.3, 0.4) is 0 Å². The summed E-state index contributed by atoms with van der Waals surface area (Å²) in [6, 6.07) is 0. The topological polar surface area (TPSA) is 60.7 Å². The van der Waals surface area contributed by atoms with Crippen LogP contribution in [0.5, 0.6) is 0 Å². The van der Waals surface area contributed by atoms with Gasteiger partial charge in [-0.3, -0.25) is 0 Å². The van der Waals surface area contributed by atoms with E-state index in [1.165, 1.54) is 0 Å². The standard InChI is InChI=1S/C3H8O3.C2H6/c4-1-3(6)2-5;1-2/h3-6H,1-2H2;1-2H3. The Morgan fingerprint density at radius 2 is 1.38 bits per heavy atom. The molecular formula is C5H14O3. The van der Waals surface area contributed by atoms with Gasteiger partial charge < -0.3 is 15.3 Å². The molecule has 0 aromatic heterocycles. The first kappa shape index (κ1) is 10.8. The van der Waals surface area contributed by atoms with Crippen LogP contribution in [-0.4, -0.2) is 34.6 Å². The molecular weight excluding hydrogens is 108 g/mol. The van der Waals surface area contributed by atoms with Crippen LogP contribution in [0.4, 0.5) is 0 Å². The minimum absolute atomic E-state index is 0.365. The van der Waals surface area contributed by atoms with Crippen LogP contribution in [0, 0.1) is 0 Å². The first-order valence-electron chi connectivity index (χ1n) is 2.71. The summed E-state index contributed by atoms with van der Waals surface area (Å²) in [5.41, 5.74) is 0. The molecule has 0 spiro atoms. The van der Waals surface area contributed by atoms with E-state index in [-0.39, 0.29) is 13.2 Å². The molecule has 0 aromatic carbocycles. The maximum absolute atomic E-state index is 8.17. The second-order valence-electron chi connectivity index (χ2n) is 1.02. The molecule has 0 fully saturated rings. The smallest absolute Gasteiger partial charge is 0.100 e. The zero-order chi connectivity index (χ0) is 6.99. The normalized spacial score (nSPS) is 8.25.